The summed E-state index contributed by atoms with van der Waals surface area (Å²) in [5, 5.41) is 3.05. The number of anilines is 1. The van der Waals surface area contributed by atoms with Gasteiger partial charge in [-0.2, -0.15) is 0 Å². The number of carbonyl (C=O) groups is 2. The summed E-state index contributed by atoms with van der Waals surface area (Å²) in [6, 6.07) is 29.1. The van der Waals surface area contributed by atoms with Crippen LogP contribution < -0.4 is 14.4 Å². The summed E-state index contributed by atoms with van der Waals surface area (Å²) in [4.78, 5) is 30.2. The van der Waals surface area contributed by atoms with Gasteiger partial charge >= 0.3 is 0 Å². The molecule has 0 radical (unpaired) electrons. The lowest BCUT2D eigenvalue weighted by atomic mass is 10.0. The van der Waals surface area contributed by atoms with E-state index in [0.29, 0.717) is 18.0 Å². The summed E-state index contributed by atoms with van der Waals surface area (Å²) < 4.78 is 36.0. The van der Waals surface area contributed by atoms with E-state index < -0.39 is 34.1 Å². The van der Waals surface area contributed by atoms with Gasteiger partial charge in [0.2, 0.25) is 11.8 Å². The fourth-order valence-corrected chi connectivity index (χ4v) is 6.94. The van der Waals surface area contributed by atoms with Crippen molar-refractivity contribution in [3.8, 4) is 5.75 Å². The van der Waals surface area contributed by atoms with Gasteiger partial charge in [-0.1, -0.05) is 76.1 Å². The summed E-state index contributed by atoms with van der Waals surface area (Å²) in [5.74, 6) is -0.286. The highest BCUT2D eigenvalue weighted by atomic mass is 79.9. The minimum Gasteiger partial charge on any atom is -0.494 e. The van der Waals surface area contributed by atoms with Crippen LogP contribution in [0.2, 0.25) is 0 Å². The van der Waals surface area contributed by atoms with Crippen LogP contribution in [0, 0.1) is 6.92 Å². The smallest absolute Gasteiger partial charge is 0.264 e. The van der Waals surface area contributed by atoms with E-state index in [1.165, 1.54) is 17.0 Å². The van der Waals surface area contributed by atoms with Crippen LogP contribution in [0.1, 0.15) is 44.4 Å². The first-order valence-electron chi connectivity index (χ1n) is 15.5. The van der Waals surface area contributed by atoms with Crippen molar-refractivity contribution < 1.29 is 22.7 Å². The monoisotopic (exact) mass is 719 g/mol. The molecule has 248 valence electrons. The Morgan fingerprint density at radius 1 is 0.872 bits per heavy atom. The van der Waals surface area contributed by atoms with Crippen molar-refractivity contribution in [3.05, 3.63) is 124 Å². The van der Waals surface area contributed by atoms with Crippen molar-refractivity contribution in [2.24, 2.45) is 0 Å². The molecule has 0 fully saturated rings. The molecule has 0 aliphatic carbocycles. The number of benzene rings is 4. The summed E-state index contributed by atoms with van der Waals surface area (Å²) >= 11 is 3.51. The van der Waals surface area contributed by atoms with Crippen LogP contribution in [-0.4, -0.2) is 49.9 Å². The molecule has 1 N–H and O–H groups in total. The van der Waals surface area contributed by atoms with Crippen LogP contribution in [0.4, 0.5) is 5.69 Å². The Labute approximate surface area is 286 Å². The first-order chi connectivity index (χ1) is 22.3. The topological polar surface area (TPSA) is 96.0 Å². The molecule has 4 rings (SSSR count). The molecule has 0 saturated carbocycles. The van der Waals surface area contributed by atoms with Gasteiger partial charge < -0.3 is 15.0 Å². The number of ether oxygens (including phenoxy) is 1. The predicted molar refractivity (Wildman–Crippen MR) is 190 cm³/mol. The lowest BCUT2D eigenvalue weighted by molar-refractivity contribution is -0.140. The third-order valence-electron chi connectivity index (χ3n) is 7.33. The van der Waals surface area contributed by atoms with Crippen molar-refractivity contribution in [2.75, 3.05) is 17.5 Å². The third kappa shape index (κ3) is 9.92. The Balaban J connectivity index is 1.82. The van der Waals surface area contributed by atoms with Gasteiger partial charge in [-0.15, -0.1) is 0 Å². The number of nitrogens with one attached hydrogen (secondary N) is 1. The highest BCUT2D eigenvalue weighted by Gasteiger charge is 2.35. The van der Waals surface area contributed by atoms with Crippen LogP contribution in [0.5, 0.6) is 5.75 Å². The molecule has 47 heavy (non-hydrogen) atoms. The second-order valence-electron chi connectivity index (χ2n) is 12.3. The molecule has 0 aliphatic heterocycles. The largest absolute Gasteiger partial charge is 0.494 e. The molecule has 0 heterocycles. The Hall–Kier alpha value is -4.15. The van der Waals surface area contributed by atoms with Crippen LogP contribution in [-0.2, 0) is 32.6 Å². The van der Waals surface area contributed by atoms with E-state index in [9.17, 15) is 18.0 Å². The standard InChI is InChI=1S/C37H42BrN3O5S/c1-6-46-32-19-17-31(18-20-32)41(47(44,45)33-21-15-27(2)16-22-33)26-35(42)40(25-29-13-10-14-30(38)23-29)34(36(43)39-37(3,4)5)24-28-11-8-7-9-12-28/h7-23,34H,6,24-26H2,1-5H3,(H,39,43). The molecule has 10 heteroatoms. The van der Waals surface area contributed by atoms with Gasteiger partial charge in [0.15, 0.2) is 0 Å². The molecule has 1 atom stereocenters. The van der Waals surface area contributed by atoms with E-state index >= 15 is 0 Å². The number of hydrogen-bond acceptors (Lipinski definition) is 5. The SMILES string of the molecule is CCOc1ccc(N(CC(=O)N(Cc2cccc(Br)c2)C(Cc2ccccc2)C(=O)NC(C)(C)C)S(=O)(=O)c2ccc(C)cc2)cc1. The quantitative estimate of drug-likeness (QED) is 0.162. The van der Waals surface area contributed by atoms with Crippen molar-refractivity contribution in [1.29, 1.82) is 0 Å². The van der Waals surface area contributed by atoms with Crippen LogP contribution in [0.15, 0.2) is 112 Å². The molecular weight excluding hydrogens is 678 g/mol. The van der Waals surface area contributed by atoms with E-state index in [-0.39, 0.29) is 23.8 Å². The number of aryl methyl sites for hydroxylation is 1. The van der Waals surface area contributed by atoms with Crippen LogP contribution in [0.25, 0.3) is 0 Å². The average Bonchev–Trinajstić information content (AvgIpc) is 3.02. The molecule has 0 aliphatic rings. The Bertz CT molecular complexity index is 1760. The van der Waals surface area contributed by atoms with Crippen LogP contribution >= 0.6 is 15.9 Å². The summed E-state index contributed by atoms with van der Waals surface area (Å²) in [6.07, 6.45) is 0.232. The first kappa shape index (κ1) is 35.7. The molecule has 0 spiro atoms. The van der Waals surface area contributed by atoms with Gasteiger partial charge in [-0.25, -0.2) is 8.42 Å². The molecule has 0 aromatic heterocycles. The maximum Gasteiger partial charge on any atom is 0.264 e. The van der Waals surface area contributed by atoms with Gasteiger partial charge in [0, 0.05) is 23.0 Å². The summed E-state index contributed by atoms with van der Waals surface area (Å²) in [6.45, 7) is 9.38. The number of halogens is 1. The Morgan fingerprint density at radius 2 is 1.51 bits per heavy atom. The molecule has 4 aromatic carbocycles. The molecule has 0 saturated heterocycles. The van der Waals surface area contributed by atoms with E-state index in [2.05, 4.69) is 21.2 Å². The normalized spacial score (nSPS) is 12.2. The first-order valence-corrected chi connectivity index (χ1v) is 17.7. The van der Waals surface area contributed by atoms with E-state index in [1.807, 2.05) is 89.2 Å². The summed E-state index contributed by atoms with van der Waals surface area (Å²) in [5.41, 5.74) is 2.28. The van der Waals surface area contributed by atoms with Crippen molar-refractivity contribution in [2.45, 2.75) is 64.1 Å². The van der Waals surface area contributed by atoms with E-state index in [1.54, 1.807) is 36.4 Å². The molecular formula is C37H42BrN3O5S. The Morgan fingerprint density at radius 3 is 2.11 bits per heavy atom. The fourth-order valence-electron chi connectivity index (χ4n) is 5.08. The van der Waals surface area contributed by atoms with E-state index in [4.69, 9.17) is 4.74 Å². The number of nitrogens with zero attached hydrogens (tertiary/aromatic N) is 2. The molecule has 8 nitrogen and oxygen atoms in total. The van der Waals surface area contributed by atoms with Gasteiger partial charge in [-0.3, -0.25) is 13.9 Å². The highest BCUT2D eigenvalue weighted by Crippen LogP contribution is 2.27. The number of rotatable bonds is 13. The second-order valence-corrected chi connectivity index (χ2v) is 15.1. The molecule has 1 unspecified atom stereocenters. The number of amides is 2. The zero-order chi connectivity index (χ0) is 34.2. The third-order valence-corrected chi connectivity index (χ3v) is 9.62. The maximum atomic E-state index is 14.6. The second kappa shape index (κ2) is 15.6. The highest BCUT2D eigenvalue weighted by molar-refractivity contribution is 9.10. The zero-order valence-corrected chi connectivity index (χ0v) is 29.8. The molecule has 0 bridgehead atoms. The number of sulfonamides is 1. The predicted octanol–water partition coefficient (Wildman–Crippen LogP) is 6.91. The fraction of sp³-hybridized carbons (Fsp3) is 0.297. The van der Waals surface area contributed by atoms with Gasteiger partial charge in [0.05, 0.1) is 17.2 Å². The minimum absolute atomic E-state index is 0.0506. The zero-order valence-electron chi connectivity index (χ0n) is 27.4. The number of hydrogen-bond donors (Lipinski definition) is 1. The van der Waals surface area contributed by atoms with Crippen molar-refractivity contribution >= 4 is 43.5 Å². The molecule has 4 aromatic rings. The molecule has 2 amide bonds. The van der Waals surface area contributed by atoms with Crippen molar-refractivity contribution in [3.63, 3.8) is 0 Å². The van der Waals surface area contributed by atoms with Gasteiger partial charge in [0.1, 0.15) is 18.3 Å². The van der Waals surface area contributed by atoms with E-state index in [0.717, 1.165) is 25.5 Å². The summed E-state index contributed by atoms with van der Waals surface area (Å²) in [7, 11) is -4.20. The lowest BCUT2D eigenvalue weighted by Crippen LogP contribution is -2.56. The maximum absolute atomic E-state index is 14.6. The lowest BCUT2D eigenvalue weighted by Gasteiger charge is -2.35. The Kier molecular flexibility index (Phi) is 11.9. The van der Waals surface area contributed by atoms with Crippen LogP contribution in [0.3, 0.4) is 0 Å². The minimum atomic E-state index is -4.20. The van der Waals surface area contributed by atoms with Gasteiger partial charge in [-0.05, 0) is 94.3 Å². The average molecular weight is 721 g/mol. The van der Waals surface area contributed by atoms with Gasteiger partial charge in [0.25, 0.3) is 10.0 Å². The number of carbonyl (C=O) groups excluding carboxylic acids is 2. The van der Waals surface area contributed by atoms with Crippen molar-refractivity contribution in [1.82, 2.24) is 10.2 Å².